The molecule has 0 amide bonds. The summed E-state index contributed by atoms with van der Waals surface area (Å²) in [5.74, 6) is 1.81. The van der Waals surface area contributed by atoms with Gasteiger partial charge in [0, 0.05) is 0 Å². The van der Waals surface area contributed by atoms with Crippen molar-refractivity contribution in [3.05, 3.63) is 11.6 Å². The molecule has 0 saturated heterocycles. The van der Waals surface area contributed by atoms with Crippen LogP contribution in [0.4, 0.5) is 0 Å². The van der Waals surface area contributed by atoms with E-state index < -0.39 is 0 Å². The van der Waals surface area contributed by atoms with Crippen LogP contribution in [0.2, 0.25) is 0 Å². The van der Waals surface area contributed by atoms with E-state index in [1.165, 1.54) is 70.6 Å². The van der Waals surface area contributed by atoms with E-state index in [1.807, 2.05) is 0 Å². The van der Waals surface area contributed by atoms with E-state index in [1.54, 1.807) is 5.57 Å². The van der Waals surface area contributed by atoms with Crippen molar-refractivity contribution in [3.8, 4) is 0 Å². The highest BCUT2D eigenvalue weighted by atomic mass is 14.1. The van der Waals surface area contributed by atoms with Crippen molar-refractivity contribution in [1.29, 1.82) is 0 Å². The molecular weight excluding hydrogens is 240 g/mol. The first kappa shape index (κ1) is 19.7. The molecule has 0 aliphatic carbocycles. The van der Waals surface area contributed by atoms with Gasteiger partial charge in [-0.25, -0.2) is 0 Å². The van der Waals surface area contributed by atoms with Crippen LogP contribution in [0.5, 0.6) is 0 Å². The highest BCUT2D eigenvalue weighted by Gasteiger charge is 2.06. The van der Waals surface area contributed by atoms with Crippen LogP contribution in [0.1, 0.15) is 105 Å². The lowest BCUT2D eigenvalue weighted by atomic mass is 9.91. The third-order valence-corrected chi connectivity index (χ3v) is 4.70. The Morgan fingerprint density at radius 2 is 1.40 bits per heavy atom. The molecule has 0 heterocycles. The van der Waals surface area contributed by atoms with Gasteiger partial charge in [-0.05, 0) is 44.4 Å². The van der Waals surface area contributed by atoms with Crippen LogP contribution in [-0.2, 0) is 0 Å². The molecule has 0 radical (unpaired) electrons. The van der Waals surface area contributed by atoms with Gasteiger partial charge in [0.15, 0.2) is 0 Å². The van der Waals surface area contributed by atoms with Crippen molar-refractivity contribution in [2.24, 2.45) is 11.8 Å². The SMILES string of the molecule is CCCCC(C=C(C)CCCC(CC)CCCC)CC. The summed E-state index contributed by atoms with van der Waals surface area (Å²) in [7, 11) is 0. The molecule has 0 bridgehead atoms. The lowest BCUT2D eigenvalue weighted by Crippen LogP contribution is -2.00. The van der Waals surface area contributed by atoms with Crippen LogP contribution in [0.25, 0.3) is 0 Å². The fourth-order valence-electron chi connectivity index (χ4n) is 3.07. The fourth-order valence-corrected chi connectivity index (χ4v) is 3.07. The maximum absolute atomic E-state index is 2.57. The highest BCUT2D eigenvalue weighted by molar-refractivity contribution is 5.01. The number of hydrogen-bond donors (Lipinski definition) is 0. The maximum Gasteiger partial charge on any atom is -0.0234 e. The molecule has 0 rings (SSSR count). The molecule has 0 N–H and O–H groups in total. The summed E-state index contributed by atoms with van der Waals surface area (Å²) in [6.45, 7) is 11.6. The van der Waals surface area contributed by atoms with Gasteiger partial charge in [0.2, 0.25) is 0 Å². The lowest BCUT2D eigenvalue weighted by molar-refractivity contribution is 0.409. The largest absolute Gasteiger partial charge is 0.0825 e. The minimum atomic E-state index is 0.831. The standard InChI is InChI=1S/C20H40/c1-6-10-14-19(8-3)16-12-13-18(5)17-20(9-4)15-11-7-2/h17,19-20H,6-16H2,1-5H3. The van der Waals surface area contributed by atoms with E-state index in [-0.39, 0.29) is 0 Å². The molecule has 0 heteroatoms. The Morgan fingerprint density at radius 1 is 0.800 bits per heavy atom. The predicted octanol–water partition coefficient (Wildman–Crippen LogP) is 7.54. The molecule has 0 aromatic heterocycles. The van der Waals surface area contributed by atoms with Gasteiger partial charge in [0.05, 0.1) is 0 Å². The minimum absolute atomic E-state index is 0.831. The summed E-state index contributed by atoms with van der Waals surface area (Å²) in [5, 5.41) is 0. The van der Waals surface area contributed by atoms with Crippen molar-refractivity contribution in [3.63, 3.8) is 0 Å². The molecular formula is C20H40. The van der Waals surface area contributed by atoms with Crippen molar-refractivity contribution in [2.45, 2.75) is 105 Å². The predicted molar refractivity (Wildman–Crippen MR) is 94.2 cm³/mol. The first-order chi connectivity index (χ1) is 9.67. The van der Waals surface area contributed by atoms with Gasteiger partial charge in [-0.15, -0.1) is 0 Å². The number of allylic oxidation sites excluding steroid dienone is 2. The van der Waals surface area contributed by atoms with E-state index in [4.69, 9.17) is 0 Å². The zero-order valence-electron chi connectivity index (χ0n) is 15.0. The van der Waals surface area contributed by atoms with Gasteiger partial charge in [-0.3, -0.25) is 0 Å². The van der Waals surface area contributed by atoms with E-state index >= 15 is 0 Å². The van der Waals surface area contributed by atoms with Crippen molar-refractivity contribution in [1.82, 2.24) is 0 Å². The monoisotopic (exact) mass is 280 g/mol. The first-order valence-electron chi connectivity index (χ1n) is 9.35. The van der Waals surface area contributed by atoms with Crippen LogP contribution in [-0.4, -0.2) is 0 Å². The third kappa shape index (κ3) is 10.5. The first-order valence-corrected chi connectivity index (χ1v) is 9.35. The summed E-state index contributed by atoms with van der Waals surface area (Å²) in [4.78, 5) is 0. The molecule has 0 saturated carbocycles. The third-order valence-electron chi connectivity index (χ3n) is 4.70. The zero-order chi connectivity index (χ0) is 15.2. The van der Waals surface area contributed by atoms with Crippen molar-refractivity contribution >= 4 is 0 Å². The summed E-state index contributed by atoms with van der Waals surface area (Å²) in [5.41, 5.74) is 1.64. The normalized spacial score (nSPS) is 15.3. The Morgan fingerprint density at radius 3 is 1.95 bits per heavy atom. The van der Waals surface area contributed by atoms with E-state index in [0.29, 0.717) is 0 Å². The molecule has 2 atom stereocenters. The molecule has 0 aliphatic heterocycles. The Balaban J connectivity index is 3.96. The Kier molecular flexibility index (Phi) is 13.5. The van der Waals surface area contributed by atoms with Crippen molar-refractivity contribution in [2.75, 3.05) is 0 Å². The van der Waals surface area contributed by atoms with Crippen LogP contribution >= 0.6 is 0 Å². The molecule has 0 aromatic carbocycles. The second kappa shape index (κ2) is 13.7. The molecule has 20 heavy (non-hydrogen) atoms. The second-order valence-electron chi connectivity index (χ2n) is 6.63. The smallest absolute Gasteiger partial charge is 0.0234 e. The zero-order valence-corrected chi connectivity index (χ0v) is 15.0. The van der Waals surface area contributed by atoms with Crippen LogP contribution in [0.15, 0.2) is 11.6 Å². The van der Waals surface area contributed by atoms with E-state index in [2.05, 4.69) is 40.7 Å². The molecule has 0 spiro atoms. The van der Waals surface area contributed by atoms with Gasteiger partial charge < -0.3 is 0 Å². The molecule has 0 nitrogen and oxygen atoms in total. The van der Waals surface area contributed by atoms with Gasteiger partial charge in [0.1, 0.15) is 0 Å². The van der Waals surface area contributed by atoms with E-state index in [0.717, 1.165) is 11.8 Å². The van der Waals surface area contributed by atoms with Gasteiger partial charge in [-0.1, -0.05) is 84.3 Å². The van der Waals surface area contributed by atoms with Crippen LogP contribution in [0.3, 0.4) is 0 Å². The van der Waals surface area contributed by atoms with Gasteiger partial charge in [-0.2, -0.15) is 0 Å². The summed E-state index contributed by atoms with van der Waals surface area (Å²) < 4.78 is 0. The lowest BCUT2D eigenvalue weighted by Gasteiger charge is -2.15. The molecule has 120 valence electrons. The number of rotatable bonds is 13. The molecule has 0 fully saturated rings. The Labute approximate surface area is 129 Å². The summed E-state index contributed by atoms with van der Waals surface area (Å²) in [6, 6.07) is 0. The Bertz CT molecular complexity index is 226. The average Bonchev–Trinajstić information content (AvgIpc) is 2.46. The second-order valence-corrected chi connectivity index (χ2v) is 6.63. The minimum Gasteiger partial charge on any atom is -0.0825 e. The molecule has 0 aliphatic rings. The average molecular weight is 281 g/mol. The van der Waals surface area contributed by atoms with Gasteiger partial charge >= 0.3 is 0 Å². The van der Waals surface area contributed by atoms with Crippen LogP contribution < -0.4 is 0 Å². The summed E-state index contributed by atoms with van der Waals surface area (Å²) >= 11 is 0. The highest BCUT2D eigenvalue weighted by Crippen LogP contribution is 2.22. The van der Waals surface area contributed by atoms with Crippen molar-refractivity contribution < 1.29 is 0 Å². The maximum atomic E-state index is 2.57. The van der Waals surface area contributed by atoms with Gasteiger partial charge in [0.25, 0.3) is 0 Å². The Hall–Kier alpha value is -0.260. The van der Waals surface area contributed by atoms with E-state index in [9.17, 15) is 0 Å². The molecule has 0 aromatic rings. The number of unbranched alkanes of at least 4 members (excludes halogenated alkanes) is 2. The summed E-state index contributed by atoms with van der Waals surface area (Å²) in [6.07, 6.45) is 17.7. The fraction of sp³-hybridized carbons (Fsp3) is 0.900. The molecule has 2 unspecified atom stereocenters. The quantitative estimate of drug-likeness (QED) is 0.306. The number of hydrogen-bond acceptors (Lipinski definition) is 0. The topological polar surface area (TPSA) is 0 Å². The van der Waals surface area contributed by atoms with Crippen LogP contribution in [0, 0.1) is 11.8 Å².